The van der Waals surface area contributed by atoms with Crippen LogP contribution < -0.4 is 0 Å². The molecule has 1 aliphatic rings. The first-order valence-electron chi connectivity index (χ1n) is 4.98. The Kier molecular flexibility index (Phi) is 2.57. The first-order chi connectivity index (χ1) is 7.13. The van der Waals surface area contributed by atoms with E-state index in [0.29, 0.717) is 6.42 Å². The molecule has 15 heavy (non-hydrogen) atoms. The van der Waals surface area contributed by atoms with Gasteiger partial charge in [0.1, 0.15) is 5.60 Å². The normalized spacial score (nSPS) is 25.5. The molecule has 3 heteroatoms. The van der Waals surface area contributed by atoms with Crippen molar-refractivity contribution in [2.45, 2.75) is 24.9 Å². The first kappa shape index (κ1) is 10.3. The van der Waals surface area contributed by atoms with Gasteiger partial charge in [-0.3, -0.25) is 0 Å². The van der Waals surface area contributed by atoms with Gasteiger partial charge < -0.3 is 5.11 Å². The largest absolute Gasteiger partial charge is 0.381 e. The van der Waals surface area contributed by atoms with E-state index in [1.54, 1.807) is 12.2 Å². The molecule has 0 heterocycles. The summed E-state index contributed by atoms with van der Waals surface area (Å²) < 4.78 is 26.5. The van der Waals surface area contributed by atoms with Gasteiger partial charge in [0.05, 0.1) is 0 Å². The molecule has 0 saturated carbocycles. The van der Waals surface area contributed by atoms with E-state index in [0.717, 1.165) is 18.9 Å². The molecule has 1 aromatic carbocycles. The maximum absolute atomic E-state index is 13.5. The van der Waals surface area contributed by atoms with Gasteiger partial charge in [0.2, 0.25) is 0 Å². The maximum Gasteiger partial charge on any atom is 0.165 e. The highest BCUT2D eigenvalue weighted by atomic mass is 19.2. The molecule has 1 unspecified atom stereocenters. The summed E-state index contributed by atoms with van der Waals surface area (Å²) in [6.07, 6.45) is 5.44. The molecule has 0 fully saturated rings. The second kappa shape index (κ2) is 3.74. The number of hydrogen-bond donors (Lipinski definition) is 1. The highest BCUT2D eigenvalue weighted by molar-refractivity contribution is 5.30. The highest BCUT2D eigenvalue weighted by Gasteiger charge is 2.31. The number of hydrogen-bond acceptors (Lipinski definition) is 1. The number of aliphatic hydroxyl groups is 1. The molecule has 0 saturated heterocycles. The van der Waals surface area contributed by atoms with Crippen LogP contribution in [-0.4, -0.2) is 5.11 Å². The Hall–Kier alpha value is -1.22. The van der Waals surface area contributed by atoms with Crippen molar-refractivity contribution in [2.24, 2.45) is 0 Å². The zero-order valence-corrected chi connectivity index (χ0v) is 8.21. The number of rotatable bonds is 1. The van der Waals surface area contributed by atoms with Gasteiger partial charge >= 0.3 is 0 Å². The van der Waals surface area contributed by atoms with Crippen LogP contribution in [0.4, 0.5) is 8.78 Å². The number of halogens is 2. The maximum atomic E-state index is 13.5. The van der Waals surface area contributed by atoms with Crippen LogP contribution in [-0.2, 0) is 5.60 Å². The minimum Gasteiger partial charge on any atom is -0.381 e. The third kappa shape index (κ3) is 1.79. The molecule has 0 radical (unpaired) electrons. The van der Waals surface area contributed by atoms with Gasteiger partial charge in [-0.2, -0.15) is 0 Å². The van der Waals surface area contributed by atoms with Crippen molar-refractivity contribution in [1.29, 1.82) is 0 Å². The summed E-state index contributed by atoms with van der Waals surface area (Å²) in [5, 5.41) is 10.2. The molecule has 0 aromatic heterocycles. The van der Waals surface area contributed by atoms with E-state index < -0.39 is 17.2 Å². The number of allylic oxidation sites excluding steroid dienone is 1. The van der Waals surface area contributed by atoms with Crippen LogP contribution in [0.3, 0.4) is 0 Å². The van der Waals surface area contributed by atoms with Gasteiger partial charge in [-0.05, 0) is 25.3 Å². The Morgan fingerprint density at radius 2 is 2.07 bits per heavy atom. The Morgan fingerprint density at radius 1 is 1.27 bits per heavy atom. The first-order valence-corrected chi connectivity index (χ1v) is 4.98. The van der Waals surface area contributed by atoms with E-state index in [9.17, 15) is 13.9 Å². The Bertz CT molecular complexity index is 401. The Balaban J connectivity index is 2.48. The van der Waals surface area contributed by atoms with E-state index in [-0.39, 0.29) is 5.56 Å². The van der Waals surface area contributed by atoms with E-state index >= 15 is 0 Å². The summed E-state index contributed by atoms with van der Waals surface area (Å²) in [6, 6.07) is 3.89. The van der Waals surface area contributed by atoms with E-state index in [2.05, 4.69) is 0 Å². The summed E-state index contributed by atoms with van der Waals surface area (Å²) >= 11 is 0. The van der Waals surface area contributed by atoms with Crippen LogP contribution in [0.1, 0.15) is 24.8 Å². The molecule has 0 amide bonds. The average Bonchev–Trinajstić information content (AvgIpc) is 2.23. The zero-order valence-electron chi connectivity index (χ0n) is 8.21. The van der Waals surface area contributed by atoms with Crippen LogP contribution in [0, 0.1) is 11.6 Å². The second-order valence-electron chi connectivity index (χ2n) is 3.82. The SMILES string of the molecule is OC1(c2cccc(F)c2F)C=CCCC1. The molecule has 1 nitrogen and oxygen atoms in total. The van der Waals surface area contributed by atoms with Crippen LogP contribution in [0.25, 0.3) is 0 Å². The second-order valence-corrected chi connectivity index (χ2v) is 3.82. The molecule has 0 bridgehead atoms. The fraction of sp³-hybridized carbons (Fsp3) is 0.333. The minimum atomic E-state index is -1.34. The lowest BCUT2D eigenvalue weighted by Crippen LogP contribution is -2.26. The predicted molar refractivity (Wildman–Crippen MR) is 53.2 cm³/mol. The third-order valence-electron chi connectivity index (χ3n) is 2.74. The number of benzene rings is 1. The predicted octanol–water partition coefficient (Wildman–Crippen LogP) is 2.89. The van der Waals surface area contributed by atoms with Gasteiger partial charge in [0, 0.05) is 5.56 Å². The zero-order chi connectivity index (χ0) is 10.9. The molecule has 80 valence electrons. The fourth-order valence-electron chi connectivity index (χ4n) is 1.91. The minimum absolute atomic E-state index is 0.0263. The van der Waals surface area contributed by atoms with Gasteiger partial charge in [0.25, 0.3) is 0 Å². The van der Waals surface area contributed by atoms with Gasteiger partial charge in [-0.25, -0.2) is 8.78 Å². The summed E-state index contributed by atoms with van der Waals surface area (Å²) in [5.74, 6) is -1.87. The van der Waals surface area contributed by atoms with Crippen molar-refractivity contribution in [1.82, 2.24) is 0 Å². The molecule has 0 aliphatic heterocycles. The van der Waals surface area contributed by atoms with Gasteiger partial charge in [-0.1, -0.05) is 24.3 Å². The molecule has 2 rings (SSSR count). The summed E-state index contributed by atoms with van der Waals surface area (Å²) in [6.45, 7) is 0. The lowest BCUT2D eigenvalue weighted by atomic mass is 9.84. The Morgan fingerprint density at radius 3 is 2.73 bits per heavy atom. The van der Waals surface area contributed by atoms with E-state index in [4.69, 9.17) is 0 Å². The molecule has 1 aliphatic carbocycles. The molecule has 1 aromatic rings. The van der Waals surface area contributed by atoms with Gasteiger partial charge in [0.15, 0.2) is 11.6 Å². The van der Waals surface area contributed by atoms with Crippen molar-refractivity contribution < 1.29 is 13.9 Å². The smallest absolute Gasteiger partial charge is 0.165 e. The standard InChI is InChI=1S/C12H12F2O/c13-10-6-4-5-9(11(10)14)12(15)7-2-1-3-8-12/h2,4-7,15H,1,3,8H2. The van der Waals surface area contributed by atoms with Crippen molar-refractivity contribution in [3.8, 4) is 0 Å². The van der Waals surface area contributed by atoms with Crippen molar-refractivity contribution in [3.05, 3.63) is 47.5 Å². The van der Waals surface area contributed by atoms with E-state index in [1.807, 2.05) is 0 Å². The summed E-state index contributed by atoms with van der Waals surface area (Å²) in [7, 11) is 0. The highest BCUT2D eigenvalue weighted by Crippen LogP contribution is 2.34. The Labute approximate surface area is 87.1 Å². The van der Waals surface area contributed by atoms with Crippen molar-refractivity contribution >= 4 is 0 Å². The lowest BCUT2D eigenvalue weighted by Gasteiger charge is -2.28. The average molecular weight is 210 g/mol. The van der Waals surface area contributed by atoms with E-state index in [1.165, 1.54) is 12.1 Å². The topological polar surface area (TPSA) is 20.2 Å². The molecule has 0 spiro atoms. The van der Waals surface area contributed by atoms with Crippen molar-refractivity contribution in [3.63, 3.8) is 0 Å². The van der Waals surface area contributed by atoms with Crippen LogP contribution >= 0.6 is 0 Å². The van der Waals surface area contributed by atoms with Crippen LogP contribution in [0.2, 0.25) is 0 Å². The monoisotopic (exact) mass is 210 g/mol. The molecule has 1 atom stereocenters. The quantitative estimate of drug-likeness (QED) is 0.706. The van der Waals surface area contributed by atoms with Gasteiger partial charge in [-0.15, -0.1) is 0 Å². The fourth-order valence-corrected chi connectivity index (χ4v) is 1.91. The molecular formula is C12H12F2O. The summed E-state index contributed by atoms with van der Waals surface area (Å²) in [4.78, 5) is 0. The molecular weight excluding hydrogens is 198 g/mol. The summed E-state index contributed by atoms with van der Waals surface area (Å²) in [5.41, 5.74) is -1.32. The molecule has 1 N–H and O–H groups in total. The lowest BCUT2D eigenvalue weighted by molar-refractivity contribution is 0.0680. The van der Waals surface area contributed by atoms with Crippen LogP contribution in [0.15, 0.2) is 30.4 Å². The van der Waals surface area contributed by atoms with Crippen molar-refractivity contribution in [2.75, 3.05) is 0 Å². The third-order valence-corrected chi connectivity index (χ3v) is 2.74. The van der Waals surface area contributed by atoms with Crippen LogP contribution in [0.5, 0.6) is 0 Å².